The van der Waals surface area contributed by atoms with Crippen molar-refractivity contribution in [3.63, 3.8) is 0 Å². The van der Waals surface area contributed by atoms with Gasteiger partial charge in [-0.2, -0.15) is 4.98 Å². The first-order valence-electron chi connectivity index (χ1n) is 6.87. The number of nitrogen functional groups attached to an aromatic ring is 1. The van der Waals surface area contributed by atoms with Crippen molar-refractivity contribution in [2.24, 2.45) is 0 Å². The first-order valence-corrected chi connectivity index (χ1v) is 6.87. The second kappa shape index (κ2) is 6.54. The molecule has 0 bridgehead atoms. The van der Waals surface area contributed by atoms with Gasteiger partial charge in [0.05, 0.1) is 0 Å². The van der Waals surface area contributed by atoms with E-state index in [0.717, 1.165) is 30.9 Å². The zero-order chi connectivity index (χ0) is 12.8. The first-order chi connectivity index (χ1) is 8.79. The van der Waals surface area contributed by atoms with Crippen molar-refractivity contribution in [1.29, 1.82) is 0 Å². The molecule has 0 radical (unpaired) electrons. The minimum atomic E-state index is 0.340. The Labute approximate surface area is 109 Å². The topological polar surface area (TPSA) is 67.1 Å². The standard InChI is InChI=1S/C13H23N5/c1-2-11-10-16-13(14)17-12(11)15-6-9-18-7-4-3-5-8-18/h10H,2-9H2,1H3,(H3,14,15,16,17). The molecule has 0 aliphatic carbocycles. The summed E-state index contributed by atoms with van der Waals surface area (Å²) >= 11 is 0. The van der Waals surface area contributed by atoms with Gasteiger partial charge in [-0.3, -0.25) is 0 Å². The molecular weight excluding hydrogens is 226 g/mol. The van der Waals surface area contributed by atoms with E-state index >= 15 is 0 Å². The molecule has 18 heavy (non-hydrogen) atoms. The Morgan fingerprint density at radius 1 is 1.33 bits per heavy atom. The average Bonchev–Trinajstić information content (AvgIpc) is 2.40. The van der Waals surface area contributed by atoms with E-state index < -0.39 is 0 Å². The van der Waals surface area contributed by atoms with Crippen LogP contribution in [0.3, 0.4) is 0 Å². The molecule has 2 rings (SSSR count). The molecule has 0 unspecified atom stereocenters. The smallest absolute Gasteiger partial charge is 0.221 e. The molecule has 100 valence electrons. The number of hydrogen-bond donors (Lipinski definition) is 2. The lowest BCUT2D eigenvalue weighted by molar-refractivity contribution is 0.237. The third kappa shape index (κ3) is 3.57. The monoisotopic (exact) mass is 249 g/mol. The van der Waals surface area contributed by atoms with Crippen LogP contribution in [0, 0.1) is 0 Å². The number of aromatic nitrogens is 2. The largest absolute Gasteiger partial charge is 0.368 e. The maximum atomic E-state index is 5.62. The van der Waals surface area contributed by atoms with Gasteiger partial charge in [0, 0.05) is 24.8 Å². The predicted octanol–water partition coefficient (Wildman–Crippen LogP) is 1.52. The van der Waals surface area contributed by atoms with Gasteiger partial charge in [-0.05, 0) is 32.4 Å². The molecule has 1 fully saturated rings. The van der Waals surface area contributed by atoms with E-state index in [4.69, 9.17) is 5.73 Å². The van der Waals surface area contributed by atoms with Crippen molar-refractivity contribution in [1.82, 2.24) is 14.9 Å². The SMILES string of the molecule is CCc1cnc(N)nc1NCCN1CCCCC1. The Morgan fingerprint density at radius 2 is 2.11 bits per heavy atom. The highest BCUT2D eigenvalue weighted by atomic mass is 15.2. The summed E-state index contributed by atoms with van der Waals surface area (Å²) in [6, 6.07) is 0. The van der Waals surface area contributed by atoms with Crippen LogP contribution in [0.1, 0.15) is 31.7 Å². The van der Waals surface area contributed by atoms with E-state index in [1.54, 1.807) is 0 Å². The summed E-state index contributed by atoms with van der Waals surface area (Å²) in [5.41, 5.74) is 6.75. The first kappa shape index (κ1) is 13.1. The molecule has 0 saturated carbocycles. The highest BCUT2D eigenvalue weighted by Crippen LogP contribution is 2.13. The van der Waals surface area contributed by atoms with Gasteiger partial charge in [-0.25, -0.2) is 4.98 Å². The van der Waals surface area contributed by atoms with Crippen LogP contribution in [-0.2, 0) is 6.42 Å². The van der Waals surface area contributed by atoms with E-state index in [1.165, 1.54) is 32.4 Å². The Balaban J connectivity index is 1.83. The number of nitrogens with zero attached hydrogens (tertiary/aromatic N) is 3. The van der Waals surface area contributed by atoms with Crippen LogP contribution in [0.15, 0.2) is 6.20 Å². The maximum absolute atomic E-state index is 5.62. The molecule has 3 N–H and O–H groups in total. The van der Waals surface area contributed by atoms with Gasteiger partial charge in [0.1, 0.15) is 5.82 Å². The maximum Gasteiger partial charge on any atom is 0.221 e. The summed E-state index contributed by atoms with van der Waals surface area (Å²) in [6.45, 7) is 6.56. The van der Waals surface area contributed by atoms with Gasteiger partial charge in [0.2, 0.25) is 5.95 Å². The minimum Gasteiger partial charge on any atom is -0.368 e. The van der Waals surface area contributed by atoms with Gasteiger partial charge in [0.25, 0.3) is 0 Å². The lowest BCUT2D eigenvalue weighted by Crippen LogP contribution is -2.33. The van der Waals surface area contributed by atoms with Crippen LogP contribution in [0.2, 0.25) is 0 Å². The van der Waals surface area contributed by atoms with Crippen molar-refractivity contribution in [3.05, 3.63) is 11.8 Å². The van der Waals surface area contributed by atoms with Crippen LogP contribution in [0.25, 0.3) is 0 Å². The minimum absolute atomic E-state index is 0.340. The average molecular weight is 249 g/mol. The lowest BCUT2D eigenvalue weighted by Gasteiger charge is -2.26. The van der Waals surface area contributed by atoms with Gasteiger partial charge in [-0.15, -0.1) is 0 Å². The van der Waals surface area contributed by atoms with Crippen molar-refractivity contribution in [3.8, 4) is 0 Å². The molecule has 1 aliphatic heterocycles. The Kier molecular flexibility index (Phi) is 4.75. The fourth-order valence-corrected chi connectivity index (χ4v) is 2.35. The predicted molar refractivity (Wildman–Crippen MR) is 74.6 cm³/mol. The third-order valence-electron chi connectivity index (χ3n) is 3.43. The van der Waals surface area contributed by atoms with E-state index in [2.05, 4.69) is 27.1 Å². The number of nitrogens with two attached hydrogens (primary N) is 1. The summed E-state index contributed by atoms with van der Waals surface area (Å²) in [4.78, 5) is 10.8. The van der Waals surface area contributed by atoms with Crippen LogP contribution in [0.5, 0.6) is 0 Å². The summed E-state index contributed by atoms with van der Waals surface area (Å²) in [5, 5.41) is 3.38. The molecular formula is C13H23N5. The lowest BCUT2D eigenvalue weighted by atomic mass is 10.1. The van der Waals surface area contributed by atoms with Crippen molar-refractivity contribution in [2.75, 3.05) is 37.2 Å². The normalized spacial score (nSPS) is 16.7. The summed E-state index contributed by atoms with van der Waals surface area (Å²) in [5.74, 6) is 1.23. The Morgan fingerprint density at radius 3 is 2.83 bits per heavy atom. The van der Waals surface area contributed by atoms with Crippen LogP contribution >= 0.6 is 0 Å². The molecule has 0 amide bonds. The van der Waals surface area contributed by atoms with Gasteiger partial charge in [0.15, 0.2) is 0 Å². The number of anilines is 2. The van der Waals surface area contributed by atoms with Gasteiger partial charge in [-0.1, -0.05) is 13.3 Å². The van der Waals surface area contributed by atoms with Gasteiger partial charge >= 0.3 is 0 Å². The zero-order valence-electron chi connectivity index (χ0n) is 11.2. The fraction of sp³-hybridized carbons (Fsp3) is 0.692. The number of nitrogens with one attached hydrogen (secondary N) is 1. The van der Waals surface area contributed by atoms with E-state index in [0.29, 0.717) is 5.95 Å². The Hall–Kier alpha value is -1.36. The molecule has 0 atom stereocenters. The molecule has 1 aliphatic rings. The molecule has 0 spiro atoms. The quantitative estimate of drug-likeness (QED) is 0.828. The van der Waals surface area contributed by atoms with Crippen molar-refractivity contribution < 1.29 is 0 Å². The highest BCUT2D eigenvalue weighted by molar-refractivity contribution is 5.45. The molecule has 1 aromatic heterocycles. The van der Waals surface area contributed by atoms with E-state index in [9.17, 15) is 0 Å². The zero-order valence-corrected chi connectivity index (χ0v) is 11.2. The summed E-state index contributed by atoms with van der Waals surface area (Å²) in [7, 11) is 0. The van der Waals surface area contributed by atoms with Gasteiger partial charge < -0.3 is 16.0 Å². The second-order valence-corrected chi connectivity index (χ2v) is 4.78. The molecule has 5 heteroatoms. The molecule has 0 aromatic carbocycles. The summed E-state index contributed by atoms with van der Waals surface area (Å²) in [6.07, 6.45) is 6.78. The van der Waals surface area contributed by atoms with Crippen molar-refractivity contribution >= 4 is 11.8 Å². The number of likely N-dealkylation sites (tertiary alicyclic amines) is 1. The fourth-order valence-electron chi connectivity index (χ4n) is 2.35. The van der Waals surface area contributed by atoms with Crippen LogP contribution < -0.4 is 11.1 Å². The van der Waals surface area contributed by atoms with E-state index in [1.807, 2.05) is 6.20 Å². The summed E-state index contributed by atoms with van der Waals surface area (Å²) < 4.78 is 0. The van der Waals surface area contributed by atoms with Crippen LogP contribution in [0.4, 0.5) is 11.8 Å². The number of hydrogen-bond acceptors (Lipinski definition) is 5. The van der Waals surface area contributed by atoms with Crippen molar-refractivity contribution in [2.45, 2.75) is 32.6 Å². The number of rotatable bonds is 5. The molecule has 2 heterocycles. The highest BCUT2D eigenvalue weighted by Gasteiger charge is 2.10. The number of aryl methyl sites for hydroxylation is 1. The molecule has 1 saturated heterocycles. The third-order valence-corrected chi connectivity index (χ3v) is 3.43. The van der Waals surface area contributed by atoms with Crippen LogP contribution in [-0.4, -0.2) is 41.0 Å². The van der Waals surface area contributed by atoms with E-state index in [-0.39, 0.29) is 0 Å². The molecule has 1 aromatic rings. The Bertz CT molecular complexity index is 374. The molecule has 5 nitrogen and oxygen atoms in total. The number of piperidine rings is 1. The second-order valence-electron chi connectivity index (χ2n) is 4.78.